The van der Waals surface area contributed by atoms with E-state index in [2.05, 4.69) is 29.0 Å². The van der Waals surface area contributed by atoms with E-state index in [0.29, 0.717) is 19.3 Å². The van der Waals surface area contributed by atoms with E-state index in [4.69, 9.17) is 4.74 Å². The number of allylic oxidation sites excluding steroid dienone is 2. The van der Waals surface area contributed by atoms with Crippen LogP contribution in [-0.4, -0.2) is 54.9 Å². The second kappa shape index (κ2) is 18.2. The number of unbranched alkanes of at least 4 members (excludes halogenated alkanes) is 4. The highest BCUT2D eigenvalue weighted by atomic mass is 16.6. The molecular formula is C27H49N3O5. The minimum Gasteiger partial charge on any atom is -0.446 e. The Balaban J connectivity index is 3.00. The number of hydrogen-bond acceptors (Lipinski definition) is 5. The second-order valence-electron chi connectivity index (χ2n) is 10.1. The van der Waals surface area contributed by atoms with Crippen LogP contribution in [0.4, 0.5) is 4.79 Å². The van der Waals surface area contributed by atoms with Gasteiger partial charge in [0.2, 0.25) is 11.8 Å². The number of hydrogen-bond donors (Lipinski definition) is 4. The van der Waals surface area contributed by atoms with Crippen LogP contribution in [-0.2, 0) is 14.3 Å². The van der Waals surface area contributed by atoms with Gasteiger partial charge >= 0.3 is 6.09 Å². The fraction of sp³-hybridized carbons (Fsp3) is 0.815. The lowest BCUT2D eigenvalue weighted by molar-refractivity contribution is -0.127. The number of aliphatic hydroxyl groups excluding tert-OH is 1. The molecular weight excluding hydrogens is 446 g/mol. The first-order chi connectivity index (χ1) is 16.8. The van der Waals surface area contributed by atoms with E-state index in [0.717, 1.165) is 38.5 Å². The maximum absolute atomic E-state index is 13.1. The van der Waals surface area contributed by atoms with E-state index in [9.17, 15) is 19.5 Å². The Morgan fingerprint density at radius 2 is 1.91 bits per heavy atom. The number of amides is 3. The molecule has 35 heavy (non-hydrogen) atoms. The Morgan fingerprint density at radius 1 is 1.17 bits per heavy atom. The SMILES string of the molecule is CCCCCCCC1CCC/C=C\CC(C(=O)NC)C[C@@H](CO)NC(=O)[C@H](CC(C)C)NC(=O)O1. The van der Waals surface area contributed by atoms with E-state index in [1.165, 1.54) is 19.3 Å². The highest BCUT2D eigenvalue weighted by molar-refractivity contribution is 5.86. The van der Waals surface area contributed by atoms with Crippen LogP contribution < -0.4 is 16.0 Å². The number of aliphatic hydroxyl groups is 1. The molecule has 1 heterocycles. The summed E-state index contributed by atoms with van der Waals surface area (Å²) in [5, 5.41) is 18.2. The van der Waals surface area contributed by atoms with Gasteiger partial charge in [-0.3, -0.25) is 9.59 Å². The predicted octanol–water partition coefficient (Wildman–Crippen LogP) is 4.22. The normalized spacial score (nSPS) is 25.9. The Labute approximate surface area is 212 Å². The van der Waals surface area contributed by atoms with Gasteiger partial charge in [0, 0.05) is 13.0 Å². The third kappa shape index (κ3) is 13.5. The molecule has 1 rings (SSSR count). The van der Waals surface area contributed by atoms with Crippen LogP contribution in [0.15, 0.2) is 12.2 Å². The number of rotatable bonds is 10. The summed E-state index contributed by atoms with van der Waals surface area (Å²) in [7, 11) is 1.59. The number of alkyl carbamates (subject to hydrolysis) is 1. The number of carbonyl (C=O) groups excluding carboxylic acids is 3. The Hall–Kier alpha value is -2.09. The lowest BCUT2D eigenvalue weighted by Crippen LogP contribution is -2.52. The average Bonchev–Trinajstić information content (AvgIpc) is 2.82. The summed E-state index contributed by atoms with van der Waals surface area (Å²) in [6.07, 6.45) is 13.6. The fourth-order valence-electron chi connectivity index (χ4n) is 4.45. The second-order valence-corrected chi connectivity index (χ2v) is 10.1. The zero-order valence-corrected chi connectivity index (χ0v) is 22.3. The summed E-state index contributed by atoms with van der Waals surface area (Å²) in [6.45, 7) is 5.86. The van der Waals surface area contributed by atoms with Crippen molar-refractivity contribution in [1.82, 2.24) is 16.0 Å². The Kier molecular flexibility index (Phi) is 16.1. The fourth-order valence-corrected chi connectivity index (χ4v) is 4.45. The van der Waals surface area contributed by atoms with Gasteiger partial charge < -0.3 is 25.8 Å². The van der Waals surface area contributed by atoms with Gasteiger partial charge in [-0.25, -0.2) is 4.79 Å². The van der Waals surface area contributed by atoms with Crippen molar-refractivity contribution in [2.75, 3.05) is 13.7 Å². The maximum atomic E-state index is 13.1. The van der Waals surface area contributed by atoms with Crippen LogP contribution >= 0.6 is 0 Å². The van der Waals surface area contributed by atoms with E-state index in [1.807, 2.05) is 19.9 Å². The van der Waals surface area contributed by atoms with E-state index >= 15 is 0 Å². The van der Waals surface area contributed by atoms with Crippen LogP contribution in [0.3, 0.4) is 0 Å². The van der Waals surface area contributed by atoms with Crippen molar-refractivity contribution >= 4 is 17.9 Å². The number of ether oxygens (including phenoxy) is 1. The molecule has 4 atom stereocenters. The summed E-state index contributed by atoms with van der Waals surface area (Å²) in [5.74, 6) is -0.683. The van der Waals surface area contributed by atoms with Crippen molar-refractivity contribution in [2.24, 2.45) is 11.8 Å². The van der Waals surface area contributed by atoms with Crippen molar-refractivity contribution in [3.63, 3.8) is 0 Å². The quantitative estimate of drug-likeness (QED) is 0.267. The molecule has 0 saturated heterocycles. The predicted molar refractivity (Wildman–Crippen MR) is 139 cm³/mol. The Bertz CT molecular complexity index is 653. The molecule has 8 heteroatoms. The molecule has 0 bridgehead atoms. The standard InChI is InChI=1S/C27H49N3O5/c1-5-6-7-8-12-15-23-16-13-10-9-11-14-21(25(32)28-4)18-22(19-31)29-26(33)24(17-20(2)3)30-27(34)35-23/h9,11,20-24,31H,5-8,10,12-19H2,1-4H3,(H,28,32)(H,29,33)(H,30,34)/b11-9-/t21?,22-,23?,24-/m0/s1. The van der Waals surface area contributed by atoms with Crippen LogP contribution in [0.25, 0.3) is 0 Å². The molecule has 0 fully saturated rings. The van der Waals surface area contributed by atoms with Crippen LogP contribution in [0.5, 0.6) is 0 Å². The van der Waals surface area contributed by atoms with Crippen LogP contribution in [0, 0.1) is 11.8 Å². The lowest BCUT2D eigenvalue weighted by atomic mass is 9.94. The zero-order valence-electron chi connectivity index (χ0n) is 22.3. The highest BCUT2D eigenvalue weighted by Crippen LogP contribution is 2.18. The molecule has 8 nitrogen and oxygen atoms in total. The summed E-state index contributed by atoms with van der Waals surface area (Å²) in [6, 6.07) is -1.36. The number of carbonyl (C=O) groups is 3. The lowest BCUT2D eigenvalue weighted by Gasteiger charge is -2.26. The van der Waals surface area contributed by atoms with E-state index < -0.39 is 18.2 Å². The van der Waals surface area contributed by atoms with Gasteiger partial charge in [0.05, 0.1) is 12.6 Å². The molecule has 0 radical (unpaired) electrons. The number of nitrogens with one attached hydrogen (secondary N) is 3. The largest absolute Gasteiger partial charge is 0.446 e. The third-order valence-corrected chi connectivity index (χ3v) is 6.46. The molecule has 0 aliphatic carbocycles. The van der Waals surface area contributed by atoms with Crippen molar-refractivity contribution in [2.45, 2.75) is 116 Å². The third-order valence-electron chi connectivity index (χ3n) is 6.46. The summed E-state index contributed by atoms with van der Waals surface area (Å²) in [4.78, 5) is 38.2. The van der Waals surface area contributed by atoms with Gasteiger partial charge in [-0.1, -0.05) is 58.6 Å². The zero-order chi connectivity index (χ0) is 26.1. The van der Waals surface area contributed by atoms with Gasteiger partial charge in [0.25, 0.3) is 0 Å². The summed E-state index contributed by atoms with van der Waals surface area (Å²) in [5.41, 5.74) is 0. The maximum Gasteiger partial charge on any atom is 0.408 e. The van der Waals surface area contributed by atoms with E-state index in [-0.39, 0.29) is 36.4 Å². The van der Waals surface area contributed by atoms with Crippen molar-refractivity contribution in [3.8, 4) is 0 Å². The molecule has 4 N–H and O–H groups in total. The van der Waals surface area contributed by atoms with Gasteiger partial charge in [-0.15, -0.1) is 0 Å². The molecule has 0 aromatic heterocycles. The van der Waals surface area contributed by atoms with Crippen LogP contribution in [0.1, 0.15) is 97.8 Å². The van der Waals surface area contributed by atoms with Crippen LogP contribution in [0.2, 0.25) is 0 Å². The molecule has 3 amide bonds. The molecule has 202 valence electrons. The van der Waals surface area contributed by atoms with Gasteiger partial charge in [-0.05, 0) is 57.3 Å². The molecule has 1 aliphatic heterocycles. The van der Waals surface area contributed by atoms with Crippen molar-refractivity contribution in [1.29, 1.82) is 0 Å². The molecule has 2 unspecified atom stereocenters. The van der Waals surface area contributed by atoms with Gasteiger partial charge in [-0.2, -0.15) is 0 Å². The van der Waals surface area contributed by atoms with Gasteiger partial charge in [0.1, 0.15) is 12.1 Å². The van der Waals surface area contributed by atoms with Crippen molar-refractivity contribution < 1.29 is 24.2 Å². The van der Waals surface area contributed by atoms with E-state index in [1.54, 1.807) is 7.05 Å². The Morgan fingerprint density at radius 3 is 2.57 bits per heavy atom. The minimum atomic E-state index is -0.770. The smallest absolute Gasteiger partial charge is 0.408 e. The average molecular weight is 496 g/mol. The van der Waals surface area contributed by atoms with Gasteiger partial charge in [0.15, 0.2) is 0 Å². The molecule has 0 saturated carbocycles. The monoisotopic (exact) mass is 495 g/mol. The molecule has 1 aliphatic rings. The molecule has 0 aromatic carbocycles. The topological polar surface area (TPSA) is 117 Å². The first-order valence-corrected chi connectivity index (χ1v) is 13.6. The first kappa shape index (κ1) is 30.9. The van der Waals surface area contributed by atoms with Crippen molar-refractivity contribution in [3.05, 3.63) is 12.2 Å². The summed E-state index contributed by atoms with van der Waals surface area (Å²) < 4.78 is 5.78. The minimum absolute atomic E-state index is 0.118. The number of cyclic esters (lactones) is 1. The first-order valence-electron chi connectivity index (χ1n) is 13.6. The summed E-state index contributed by atoms with van der Waals surface area (Å²) >= 11 is 0. The molecule has 0 aromatic rings. The highest BCUT2D eigenvalue weighted by Gasteiger charge is 2.28. The molecule has 0 spiro atoms.